The minimum Gasteiger partial charge on any atom is -0.323 e. The second-order valence-corrected chi connectivity index (χ2v) is 11.6. The van der Waals surface area contributed by atoms with E-state index in [0.29, 0.717) is 41.9 Å². The van der Waals surface area contributed by atoms with Crippen molar-refractivity contribution in [3.05, 3.63) is 87.3 Å². The van der Waals surface area contributed by atoms with E-state index >= 15 is 4.39 Å². The molecule has 0 saturated heterocycles. The molecule has 0 spiro atoms. The summed E-state index contributed by atoms with van der Waals surface area (Å²) in [6.45, 7) is 1.80. The molecule has 2 atom stereocenters. The van der Waals surface area contributed by atoms with Crippen molar-refractivity contribution in [1.82, 2.24) is 39.3 Å². The quantitative estimate of drug-likeness (QED) is 0.299. The lowest BCUT2D eigenvalue weighted by Gasteiger charge is -2.26. The van der Waals surface area contributed by atoms with Crippen LogP contribution in [-0.4, -0.2) is 68.8 Å². The second kappa shape index (κ2) is 11.9. The molecule has 1 amide bonds. The largest absolute Gasteiger partial charge is 0.323 e. The van der Waals surface area contributed by atoms with Crippen molar-refractivity contribution in [2.45, 2.75) is 37.5 Å². The highest BCUT2D eigenvalue weighted by Crippen LogP contribution is 2.35. The van der Waals surface area contributed by atoms with Gasteiger partial charge in [-0.1, -0.05) is 41.8 Å². The Labute approximate surface area is 270 Å². The highest BCUT2D eigenvalue weighted by atomic mass is 35.5. The number of anilines is 1. The Balaban J connectivity index is 1.47. The molecule has 1 aliphatic rings. The zero-order chi connectivity index (χ0) is 32.0. The van der Waals surface area contributed by atoms with E-state index in [9.17, 15) is 9.59 Å². The lowest BCUT2D eigenvalue weighted by atomic mass is 9.49. The number of pyridine rings is 1. The number of nitrogens with one attached hydrogen (secondary N) is 1. The normalized spacial score (nSPS) is 17.2. The molecule has 4 aromatic heterocycles. The molecule has 17 heteroatoms. The third-order valence-corrected chi connectivity index (χ3v) is 8.03. The van der Waals surface area contributed by atoms with Crippen molar-refractivity contribution in [1.29, 1.82) is 0 Å². The first kappa shape index (κ1) is 30.8. The summed E-state index contributed by atoms with van der Waals surface area (Å²) in [4.78, 5) is 35.8. The summed E-state index contributed by atoms with van der Waals surface area (Å²) >= 11 is 12.1. The number of rotatable bonds is 4. The second-order valence-electron chi connectivity index (χ2n) is 10.8. The van der Waals surface area contributed by atoms with Crippen LogP contribution in [0.4, 0.5) is 10.1 Å². The molecule has 0 saturated carbocycles. The van der Waals surface area contributed by atoms with E-state index in [1.54, 1.807) is 25.3 Å². The van der Waals surface area contributed by atoms with E-state index in [1.165, 1.54) is 50.9 Å². The molecule has 45 heavy (non-hydrogen) atoms. The van der Waals surface area contributed by atoms with Gasteiger partial charge in [0.05, 0.1) is 87.3 Å². The van der Waals surface area contributed by atoms with Crippen LogP contribution in [-0.2, 0) is 10.0 Å². The van der Waals surface area contributed by atoms with Crippen LogP contribution >= 0.6 is 23.2 Å². The number of aromatic nitrogens is 8. The van der Waals surface area contributed by atoms with Crippen molar-refractivity contribution >= 4 is 58.3 Å². The number of hydrogen-bond acceptors (Lipinski definition) is 7. The number of benzene rings is 1. The molecule has 1 aromatic carbocycles. The van der Waals surface area contributed by atoms with Crippen LogP contribution in [0.3, 0.4) is 0 Å². The summed E-state index contributed by atoms with van der Waals surface area (Å²) in [5.41, 5.74) is 1.52. The molecule has 1 N–H and O–H groups in total. The molecule has 5 heterocycles. The van der Waals surface area contributed by atoms with Crippen molar-refractivity contribution < 1.29 is 9.18 Å². The van der Waals surface area contributed by atoms with Gasteiger partial charge in [0.2, 0.25) is 5.91 Å². The zero-order valence-electron chi connectivity index (χ0n) is 23.7. The summed E-state index contributed by atoms with van der Waals surface area (Å²) < 4.78 is 19.3. The van der Waals surface area contributed by atoms with E-state index in [0.717, 1.165) is 0 Å². The van der Waals surface area contributed by atoms with E-state index < -0.39 is 22.7 Å². The van der Waals surface area contributed by atoms with Gasteiger partial charge in [0, 0.05) is 23.7 Å². The molecule has 6 rings (SSSR count). The van der Waals surface area contributed by atoms with Crippen LogP contribution in [0.2, 0.25) is 10.2 Å². The van der Waals surface area contributed by atoms with Gasteiger partial charge in [-0.05, 0) is 42.3 Å². The molecule has 6 radical (unpaired) electrons. The number of nitrogens with zero attached hydrogens (tertiary/aromatic N) is 8. The predicted molar refractivity (Wildman–Crippen MR) is 169 cm³/mol. The van der Waals surface area contributed by atoms with Gasteiger partial charge in [-0.25, -0.2) is 14.1 Å². The minimum absolute atomic E-state index is 0.0248. The molecule has 1 aliphatic heterocycles. The van der Waals surface area contributed by atoms with Crippen molar-refractivity contribution in [2.75, 3.05) is 5.32 Å². The van der Waals surface area contributed by atoms with Gasteiger partial charge in [-0.15, -0.1) is 5.10 Å². The van der Waals surface area contributed by atoms with Gasteiger partial charge in [-0.3, -0.25) is 23.8 Å². The van der Waals surface area contributed by atoms with Crippen LogP contribution in [0.5, 0.6) is 0 Å². The van der Waals surface area contributed by atoms with Gasteiger partial charge in [-0.2, -0.15) is 5.10 Å². The fourth-order valence-electron chi connectivity index (χ4n) is 5.34. The average molecular weight is 638 g/mol. The molecule has 11 nitrogen and oxygen atoms in total. The van der Waals surface area contributed by atoms with Crippen LogP contribution in [0.15, 0.2) is 60.0 Å². The molecule has 220 valence electrons. The molecule has 5 aromatic rings. The summed E-state index contributed by atoms with van der Waals surface area (Å²) in [5, 5.41) is 12.8. The Hall–Kier alpha value is -4.23. The highest BCUT2D eigenvalue weighted by molar-refractivity contribution is 6.56. The topological polar surface area (TPSA) is 125 Å². The van der Waals surface area contributed by atoms with Crippen molar-refractivity contribution in [2.24, 2.45) is 5.92 Å². The van der Waals surface area contributed by atoms with Crippen LogP contribution < -0.4 is 10.9 Å². The van der Waals surface area contributed by atoms with Gasteiger partial charge < -0.3 is 5.32 Å². The van der Waals surface area contributed by atoms with E-state index in [4.69, 9.17) is 46.7 Å². The molecule has 0 aliphatic carbocycles. The third kappa shape index (κ3) is 5.94. The first-order chi connectivity index (χ1) is 21.4. The lowest BCUT2D eigenvalue weighted by Crippen LogP contribution is -2.36. The van der Waals surface area contributed by atoms with Crippen LogP contribution in [0.25, 0.3) is 28.2 Å². The first-order valence-electron chi connectivity index (χ1n) is 13.8. The maximum absolute atomic E-state index is 15.5. The van der Waals surface area contributed by atoms with Gasteiger partial charge in [0.15, 0.2) is 11.0 Å². The molecule has 2 bridgehead atoms. The summed E-state index contributed by atoms with van der Waals surface area (Å²) in [6.07, 6.45) is 7.22. The Morgan fingerprint density at radius 1 is 1.09 bits per heavy atom. The first-order valence-corrected chi connectivity index (χ1v) is 14.5. The Kier molecular flexibility index (Phi) is 8.17. The van der Waals surface area contributed by atoms with E-state index in [-0.39, 0.29) is 38.9 Å². The van der Waals surface area contributed by atoms with E-state index in [2.05, 4.69) is 30.7 Å². The number of hydrogen-bond donors (Lipinski definition) is 1. The number of fused-ring (bicyclic) bond motifs is 4. The minimum atomic E-state index is -1.88. The Bertz CT molecular complexity index is 1990. The fourth-order valence-corrected chi connectivity index (χ4v) is 5.62. The standard InChI is InChI=1S/C28H21B3Cl2FN9O2/c1-14-3-2-4-20(17-9-15(7-8-35-17)26-19(38-27(14)45)11-37-43(26)28(29,30)31)41-13-36-18(10-23(41)44)24-21(6-5-16(32)25(24)34)42-12-22(33)39-40-42/h5-14,20H,2-4H2,1H3,(H,38,45)/t14-,20+/m1/s1. The molecular weight excluding hydrogens is 617 g/mol. The van der Waals surface area contributed by atoms with Crippen molar-refractivity contribution in [3.8, 4) is 28.2 Å². The monoisotopic (exact) mass is 637 g/mol. The third-order valence-electron chi connectivity index (χ3n) is 7.57. The number of amides is 1. The fraction of sp³-hybridized carbons (Fsp3) is 0.250. The van der Waals surface area contributed by atoms with E-state index in [1.807, 2.05) is 0 Å². The summed E-state index contributed by atoms with van der Waals surface area (Å²) in [5.74, 6) is -1.39. The zero-order valence-corrected chi connectivity index (χ0v) is 25.2. The SMILES string of the molecule is [B]C([B])([B])n1ncc2c1-c1ccnc(c1)[C@@H](n1cnc(-c3c(-n4cc(Cl)nn4)ccc(Cl)c3F)cc1=O)CCC[C@@H](C)C(=O)N2. The smallest absolute Gasteiger partial charge is 0.254 e. The van der Waals surface area contributed by atoms with Gasteiger partial charge >= 0.3 is 0 Å². The van der Waals surface area contributed by atoms with Gasteiger partial charge in [0.1, 0.15) is 0 Å². The Morgan fingerprint density at radius 2 is 1.89 bits per heavy atom. The molecule has 0 unspecified atom stereocenters. The number of carbonyl (C=O) groups is 1. The predicted octanol–water partition coefficient (Wildman–Crippen LogP) is 3.62. The lowest BCUT2D eigenvalue weighted by molar-refractivity contribution is -0.119. The average Bonchev–Trinajstić information content (AvgIpc) is 3.63. The maximum Gasteiger partial charge on any atom is 0.254 e. The molecular formula is C28H21B3Cl2FN9O2. The summed E-state index contributed by atoms with van der Waals surface area (Å²) in [6, 6.07) is 6.92. The highest BCUT2D eigenvalue weighted by Gasteiger charge is 2.27. The maximum atomic E-state index is 15.5. The summed E-state index contributed by atoms with van der Waals surface area (Å²) in [7, 11) is 18.0. The Morgan fingerprint density at radius 3 is 2.60 bits per heavy atom. The van der Waals surface area contributed by atoms with Crippen LogP contribution in [0.1, 0.15) is 37.9 Å². The number of carbonyl (C=O) groups excluding carboxylic acids is 1. The van der Waals surface area contributed by atoms with Crippen LogP contribution in [0, 0.1) is 11.7 Å². The van der Waals surface area contributed by atoms with Gasteiger partial charge in [0.25, 0.3) is 5.56 Å². The van der Waals surface area contributed by atoms with Crippen molar-refractivity contribution in [3.63, 3.8) is 0 Å². The molecule has 0 fully saturated rings. The number of halogens is 3.